The Morgan fingerprint density at radius 2 is 1.90 bits per heavy atom. The number of carbonyl (C=O) groups is 2. The number of nitrogens with one attached hydrogen (secondary N) is 1. The minimum atomic E-state index is -0.413. The van der Waals surface area contributed by atoms with Crippen LogP contribution in [0.3, 0.4) is 0 Å². The molecule has 3 rings (SSSR count). The second kappa shape index (κ2) is 10.5. The summed E-state index contributed by atoms with van der Waals surface area (Å²) < 4.78 is 12.1. The van der Waals surface area contributed by atoms with E-state index >= 15 is 0 Å². The van der Waals surface area contributed by atoms with Gasteiger partial charge in [0, 0.05) is 12.8 Å². The summed E-state index contributed by atoms with van der Waals surface area (Å²) in [6.45, 7) is 4.58. The van der Waals surface area contributed by atoms with Gasteiger partial charge in [-0.25, -0.2) is 9.48 Å². The van der Waals surface area contributed by atoms with Gasteiger partial charge in [0.15, 0.2) is 5.69 Å². The molecule has 1 N–H and O–H groups in total. The Labute approximate surface area is 181 Å². The molecular formula is C23H26N4O4. The third-order valence-electron chi connectivity index (χ3n) is 4.62. The van der Waals surface area contributed by atoms with E-state index in [1.807, 2.05) is 38.1 Å². The largest absolute Gasteiger partial charge is 0.462 e. The average molecular weight is 422 g/mol. The van der Waals surface area contributed by atoms with Gasteiger partial charge >= 0.3 is 5.97 Å². The van der Waals surface area contributed by atoms with Gasteiger partial charge in [-0.1, -0.05) is 30.7 Å². The highest BCUT2D eigenvalue weighted by Crippen LogP contribution is 2.18. The summed E-state index contributed by atoms with van der Waals surface area (Å²) in [4.78, 5) is 24.8. The van der Waals surface area contributed by atoms with Crippen molar-refractivity contribution in [1.29, 1.82) is 0 Å². The number of methoxy groups -OCH3 is 1. The number of amides is 1. The van der Waals surface area contributed by atoms with Gasteiger partial charge in [0.25, 0.3) is 5.91 Å². The van der Waals surface area contributed by atoms with Crippen molar-refractivity contribution in [3.8, 4) is 5.69 Å². The number of ether oxygens (including phenoxy) is 2. The molecule has 3 aromatic rings. The Morgan fingerprint density at radius 3 is 2.58 bits per heavy atom. The fourth-order valence-electron chi connectivity index (χ4n) is 2.98. The predicted octanol–water partition coefficient (Wildman–Crippen LogP) is 3.93. The summed E-state index contributed by atoms with van der Waals surface area (Å²) in [6, 6.07) is 14.3. The molecule has 0 aliphatic carbocycles. The lowest BCUT2D eigenvalue weighted by atomic mass is 10.2. The number of nitrogens with zero attached hydrogens (tertiary/aromatic N) is 3. The maximum atomic E-state index is 12.8. The van der Waals surface area contributed by atoms with E-state index < -0.39 is 5.91 Å². The molecule has 0 fully saturated rings. The van der Waals surface area contributed by atoms with Gasteiger partial charge in [0.1, 0.15) is 5.69 Å². The second-order valence-corrected chi connectivity index (χ2v) is 7.09. The van der Waals surface area contributed by atoms with E-state index in [2.05, 4.69) is 15.6 Å². The maximum absolute atomic E-state index is 12.8. The highest BCUT2D eigenvalue weighted by Gasteiger charge is 2.21. The standard InChI is InChI=1S/C23H26N4O4/c1-4-5-13-31-23(29)17-9-11-18(12-10-17)24-22(28)21-20(15-30-3)27(26-25-21)19-8-6-7-16(2)14-19/h6-12,14H,4-5,13,15H2,1-3H3,(H,24,28). The smallest absolute Gasteiger partial charge is 0.338 e. The topological polar surface area (TPSA) is 95.3 Å². The van der Waals surface area contributed by atoms with Gasteiger partial charge < -0.3 is 14.8 Å². The molecule has 31 heavy (non-hydrogen) atoms. The van der Waals surface area contributed by atoms with Crippen LogP contribution in [0, 0.1) is 6.92 Å². The van der Waals surface area contributed by atoms with Crippen LogP contribution in [0.1, 0.15) is 51.9 Å². The molecule has 8 heteroatoms. The minimum Gasteiger partial charge on any atom is -0.462 e. The summed E-state index contributed by atoms with van der Waals surface area (Å²) in [7, 11) is 1.55. The number of hydrogen-bond donors (Lipinski definition) is 1. The highest BCUT2D eigenvalue weighted by molar-refractivity contribution is 6.03. The normalized spacial score (nSPS) is 10.7. The Hall–Kier alpha value is -3.52. The number of hydrogen-bond acceptors (Lipinski definition) is 6. The number of rotatable bonds is 9. The predicted molar refractivity (Wildman–Crippen MR) is 116 cm³/mol. The molecule has 0 aliphatic rings. The van der Waals surface area contributed by atoms with Gasteiger partial charge in [-0.15, -0.1) is 5.10 Å². The Kier molecular flexibility index (Phi) is 7.50. The van der Waals surface area contributed by atoms with Crippen molar-refractivity contribution in [2.24, 2.45) is 0 Å². The van der Waals surface area contributed by atoms with Crippen LogP contribution in [0.2, 0.25) is 0 Å². The SMILES string of the molecule is CCCCOC(=O)c1ccc(NC(=O)c2nnn(-c3cccc(C)c3)c2COC)cc1. The van der Waals surface area contributed by atoms with Crippen LogP contribution < -0.4 is 5.32 Å². The van der Waals surface area contributed by atoms with E-state index in [9.17, 15) is 9.59 Å². The van der Waals surface area contributed by atoms with Gasteiger partial charge in [-0.2, -0.15) is 0 Å². The number of aromatic nitrogens is 3. The maximum Gasteiger partial charge on any atom is 0.338 e. The van der Waals surface area contributed by atoms with Crippen molar-refractivity contribution in [2.75, 3.05) is 19.0 Å². The molecular weight excluding hydrogens is 396 g/mol. The molecule has 0 saturated heterocycles. The van der Waals surface area contributed by atoms with E-state index in [0.29, 0.717) is 23.6 Å². The van der Waals surface area contributed by atoms with E-state index in [0.717, 1.165) is 24.1 Å². The summed E-state index contributed by atoms with van der Waals surface area (Å²) >= 11 is 0. The molecule has 0 unspecified atom stereocenters. The quantitative estimate of drug-likeness (QED) is 0.415. The number of unbranched alkanes of at least 4 members (excludes halogenated alkanes) is 1. The zero-order valence-electron chi connectivity index (χ0n) is 17.9. The van der Waals surface area contributed by atoms with Crippen molar-refractivity contribution in [3.63, 3.8) is 0 Å². The van der Waals surface area contributed by atoms with Crippen molar-refractivity contribution in [1.82, 2.24) is 15.0 Å². The molecule has 1 heterocycles. The van der Waals surface area contributed by atoms with Gasteiger partial charge in [-0.3, -0.25) is 4.79 Å². The molecule has 1 aromatic heterocycles. The molecule has 0 bridgehead atoms. The van der Waals surface area contributed by atoms with Crippen LogP contribution in [-0.2, 0) is 16.1 Å². The van der Waals surface area contributed by atoms with E-state index in [1.54, 1.807) is 36.1 Å². The van der Waals surface area contributed by atoms with Crippen molar-refractivity contribution < 1.29 is 19.1 Å². The molecule has 0 aliphatic heterocycles. The lowest BCUT2D eigenvalue weighted by Crippen LogP contribution is -2.16. The van der Waals surface area contributed by atoms with Crippen LogP contribution in [0.5, 0.6) is 0 Å². The molecule has 2 aromatic carbocycles. The molecule has 0 atom stereocenters. The number of esters is 1. The summed E-state index contributed by atoms with van der Waals surface area (Å²) in [6.07, 6.45) is 1.78. The number of carbonyl (C=O) groups excluding carboxylic acids is 2. The fourth-order valence-corrected chi connectivity index (χ4v) is 2.98. The first-order valence-electron chi connectivity index (χ1n) is 10.1. The van der Waals surface area contributed by atoms with Gasteiger partial charge in [0.05, 0.1) is 24.5 Å². The second-order valence-electron chi connectivity index (χ2n) is 7.09. The van der Waals surface area contributed by atoms with Crippen LogP contribution in [0.25, 0.3) is 5.69 Å². The van der Waals surface area contributed by atoms with Crippen LogP contribution in [-0.4, -0.2) is 40.6 Å². The van der Waals surface area contributed by atoms with Crippen molar-refractivity contribution in [2.45, 2.75) is 33.3 Å². The zero-order valence-corrected chi connectivity index (χ0v) is 17.9. The fraction of sp³-hybridized carbons (Fsp3) is 0.304. The highest BCUT2D eigenvalue weighted by atomic mass is 16.5. The van der Waals surface area contributed by atoms with Gasteiger partial charge in [-0.05, 0) is 55.3 Å². The Balaban J connectivity index is 1.75. The third-order valence-corrected chi connectivity index (χ3v) is 4.62. The average Bonchev–Trinajstić information content (AvgIpc) is 3.18. The third kappa shape index (κ3) is 5.55. The minimum absolute atomic E-state index is 0.173. The number of anilines is 1. The Morgan fingerprint density at radius 1 is 1.13 bits per heavy atom. The van der Waals surface area contributed by atoms with E-state index in [-0.39, 0.29) is 18.3 Å². The van der Waals surface area contributed by atoms with Crippen molar-refractivity contribution >= 4 is 17.6 Å². The lowest BCUT2D eigenvalue weighted by molar-refractivity contribution is 0.0499. The zero-order chi connectivity index (χ0) is 22.2. The lowest BCUT2D eigenvalue weighted by Gasteiger charge is -2.09. The van der Waals surface area contributed by atoms with Crippen LogP contribution in [0.15, 0.2) is 48.5 Å². The van der Waals surface area contributed by atoms with Crippen molar-refractivity contribution in [3.05, 3.63) is 71.0 Å². The molecule has 1 amide bonds. The summed E-state index contributed by atoms with van der Waals surface area (Å²) in [5.74, 6) is -0.793. The van der Waals surface area contributed by atoms with Crippen LogP contribution in [0.4, 0.5) is 5.69 Å². The number of aryl methyl sites for hydroxylation is 1. The molecule has 162 valence electrons. The first kappa shape index (κ1) is 22.2. The molecule has 0 radical (unpaired) electrons. The van der Waals surface area contributed by atoms with E-state index in [1.165, 1.54) is 0 Å². The van der Waals surface area contributed by atoms with E-state index in [4.69, 9.17) is 9.47 Å². The van der Waals surface area contributed by atoms with Gasteiger partial charge in [0.2, 0.25) is 0 Å². The molecule has 8 nitrogen and oxygen atoms in total. The number of benzene rings is 2. The Bertz CT molecular complexity index is 1040. The molecule has 0 spiro atoms. The first-order valence-corrected chi connectivity index (χ1v) is 10.1. The monoisotopic (exact) mass is 422 g/mol. The van der Waals surface area contributed by atoms with Crippen LogP contribution >= 0.6 is 0 Å². The first-order chi connectivity index (χ1) is 15.0. The summed E-state index contributed by atoms with van der Waals surface area (Å²) in [5.41, 5.74) is 3.54. The molecule has 0 saturated carbocycles. The summed E-state index contributed by atoms with van der Waals surface area (Å²) in [5, 5.41) is 11.0.